The number of methoxy groups -OCH3 is 1. The predicted molar refractivity (Wildman–Crippen MR) is 111 cm³/mol. The van der Waals surface area contributed by atoms with E-state index in [2.05, 4.69) is 16.0 Å². The summed E-state index contributed by atoms with van der Waals surface area (Å²) in [4.78, 5) is 36.7. The average molecular weight is 405 g/mol. The summed E-state index contributed by atoms with van der Waals surface area (Å²) in [6.07, 6.45) is 3.23. The van der Waals surface area contributed by atoms with Crippen molar-refractivity contribution in [1.29, 1.82) is 0 Å². The Morgan fingerprint density at radius 3 is 2.34 bits per heavy atom. The van der Waals surface area contributed by atoms with Gasteiger partial charge >= 0.3 is 6.09 Å². The molecular weight excluding hydrogens is 374 g/mol. The van der Waals surface area contributed by atoms with Gasteiger partial charge in [0.25, 0.3) is 0 Å². The first-order chi connectivity index (χ1) is 13.6. The van der Waals surface area contributed by atoms with Gasteiger partial charge in [0, 0.05) is 11.6 Å². The number of hydrogen-bond donors (Lipinski definition) is 3. The van der Waals surface area contributed by atoms with E-state index in [4.69, 9.17) is 9.47 Å². The van der Waals surface area contributed by atoms with Gasteiger partial charge in [0.1, 0.15) is 17.4 Å². The lowest BCUT2D eigenvalue weighted by atomic mass is 10.1. The van der Waals surface area contributed by atoms with Gasteiger partial charge in [-0.25, -0.2) is 4.79 Å². The van der Waals surface area contributed by atoms with E-state index in [1.807, 2.05) is 0 Å². The molecule has 1 fully saturated rings. The zero-order chi connectivity index (χ0) is 21.6. The standard InChI is InChI=1S/C21H31N3O5/c1-13(22-19(26)14-8-6-7-9-14)18(25)23-15-10-11-17(28-5)16(12-15)24-20(27)29-21(2,3)4/h10-14H,6-9H2,1-5H3,(H,22,26)(H,23,25)(H,24,27). The molecule has 0 radical (unpaired) electrons. The van der Waals surface area contributed by atoms with Crippen LogP contribution in [0.3, 0.4) is 0 Å². The van der Waals surface area contributed by atoms with Crippen LogP contribution >= 0.6 is 0 Å². The van der Waals surface area contributed by atoms with Crippen molar-refractivity contribution in [2.24, 2.45) is 5.92 Å². The molecule has 1 atom stereocenters. The zero-order valence-corrected chi connectivity index (χ0v) is 17.8. The van der Waals surface area contributed by atoms with Crippen molar-refractivity contribution >= 4 is 29.3 Å². The molecule has 0 heterocycles. The Morgan fingerprint density at radius 2 is 1.76 bits per heavy atom. The number of amides is 3. The molecule has 8 heteroatoms. The van der Waals surface area contributed by atoms with Crippen LogP contribution in [0, 0.1) is 5.92 Å². The molecule has 1 aromatic carbocycles. The molecule has 0 saturated heterocycles. The summed E-state index contributed by atoms with van der Waals surface area (Å²) in [6, 6.07) is 4.19. The van der Waals surface area contributed by atoms with E-state index in [1.165, 1.54) is 7.11 Å². The molecule has 2 rings (SSSR count). The normalized spacial score (nSPS) is 15.3. The maximum absolute atomic E-state index is 12.5. The highest BCUT2D eigenvalue weighted by atomic mass is 16.6. The highest BCUT2D eigenvalue weighted by Gasteiger charge is 2.25. The molecule has 0 spiro atoms. The average Bonchev–Trinajstić information content (AvgIpc) is 3.15. The van der Waals surface area contributed by atoms with Gasteiger partial charge in [-0.2, -0.15) is 0 Å². The molecule has 29 heavy (non-hydrogen) atoms. The minimum Gasteiger partial charge on any atom is -0.495 e. The minimum absolute atomic E-state index is 0.00383. The molecule has 1 saturated carbocycles. The van der Waals surface area contributed by atoms with Gasteiger partial charge < -0.3 is 20.1 Å². The number of anilines is 2. The predicted octanol–water partition coefficient (Wildman–Crippen LogP) is 3.68. The highest BCUT2D eigenvalue weighted by Crippen LogP contribution is 2.29. The van der Waals surface area contributed by atoms with Crippen molar-refractivity contribution in [3.8, 4) is 5.75 Å². The van der Waals surface area contributed by atoms with Crippen molar-refractivity contribution < 1.29 is 23.9 Å². The van der Waals surface area contributed by atoms with Gasteiger partial charge in [-0.1, -0.05) is 12.8 Å². The molecule has 1 unspecified atom stereocenters. The van der Waals surface area contributed by atoms with Crippen molar-refractivity contribution in [3.05, 3.63) is 18.2 Å². The molecule has 0 aliphatic heterocycles. The van der Waals surface area contributed by atoms with Gasteiger partial charge in [-0.05, 0) is 58.7 Å². The fourth-order valence-electron chi connectivity index (χ4n) is 3.13. The number of carbonyl (C=O) groups excluding carboxylic acids is 3. The molecule has 3 amide bonds. The molecule has 3 N–H and O–H groups in total. The molecule has 1 aliphatic carbocycles. The Kier molecular flexibility index (Phi) is 7.47. The van der Waals surface area contributed by atoms with Crippen LogP contribution in [0.2, 0.25) is 0 Å². The van der Waals surface area contributed by atoms with Gasteiger partial charge in [-0.3, -0.25) is 14.9 Å². The molecule has 0 bridgehead atoms. The van der Waals surface area contributed by atoms with Crippen LogP contribution in [0.5, 0.6) is 5.75 Å². The third kappa shape index (κ3) is 6.96. The first kappa shape index (κ1) is 22.5. The van der Waals surface area contributed by atoms with Crippen LogP contribution < -0.4 is 20.7 Å². The SMILES string of the molecule is COc1ccc(NC(=O)C(C)NC(=O)C2CCCC2)cc1NC(=O)OC(C)(C)C. The third-order valence-electron chi connectivity index (χ3n) is 4.58. The van der Waals surface area contributed by atoms with E-state index in [0.29, 0.717) is 17.1 Å². The Bertz CT molecular complexity index is 751. The van der Waals surface area contributed by atoms with Crippen LogP contribution in [-0.4, -0.2) is 36.7 Å². The van der Waals surface area contributed by atoms with E-state index in [0.717, 1.165) is 25.7 Å². The number of hydrogen-bond acceptors (Lipinski definition) is 5. The van der Waals surface area contributed by atoms with Gasteiger partial charge in [0.05, 0.1) is 12.8 Å². The number of benzene rings is 1. The summed E-state index contributed by atoms with van der Waals surface area (Å²) in [5, 5.41) is 8.14. The Morgan fingerprint density at radius 1 is 1.10 bits per heavy atom. The van der Waals surface area contributed by atoms with Crippen molar-refractivity contribution in [2.45, 2.75) is 65.0 Å². The smallest absolute Gasteiger partial charge is 0.412 e. The number of carbonyl (C=O) groups is 3. The maximum Gasteiger partial charge on any atom is 0.412 e. The van der Waals surface area contributed by atoms with Gasteiger partial charge in [0.15, 0.2) is 0 Å². The number of rotatable bonds is 6. The summed E-state index contributed by atoms with van der Waals surface area (Å²) >= 11 is 0. The summed E-state index contributed by atoms with van der Waals surface area (Å²) < 4.78 is 10.5. The van der Waals surface area contributed by atoms with Crippen LogP contribution in [0.25, 0.3) is 0 Å². The lowest BCUT2D eigenvalue weighted by Crippen LogP contribution is -2.43. The largest absolute Gasteiger partial charge is 0.495 e. The molecule has 1 aromatic rings. The van der Waals surface area contributed by atoms with Crippen molar-refractivity contribution in [1.82, 2.24) is 5.32 Å². The van der Waals surface area contributed by atoms with Gasteiger partial charge in [-0.15, -0.1) is 0 Å². The van der Waals surface area contributed by atoms with E-state index in [1.54, 1.807) is 45.9 Å². The highest BCUT2D eigenvalue weighted by molar-refractivity contribution is 5.98. The molecule has 1 aliphatic rings. The van der Waals surface area contributed by atoms with E-state index in [-0.39, 0.29) is 17.7 Å². The second kappa shape index (κ2) is 9.62. The molecule has 8 nitrogen and oxygen atoms in total. The number of ether oxygens (including phenoxy) is 2. The Hall–Kier alpha value is -2.77. The van der Waals surface area contributed by atoms with Crippen LogP contribution in [0.1, 0.15) is 53.4 Å². The minimum atomic E-state index is -0.674. The van der Waals surface area contributed by atoms with Gasteiger partial charge in [0.2, 0.25) is 11.8 Å². The van der Waals surface area contributed by atoms with Crippen LogP contribution in [0.15, 0.2) is 18.2 Å². The third-order valence-corrected chi connectivity index (χ3v) is 4.58. The monoisotopic (exact) mass is 405 g/mol. The maximum atomic E-state index is 12.5. The Labute approximate surface area is 171 Å². The van der Waals surface area contributed by atoms with Crippen LogP contribution in [0.4, 0.5) is 16.2 Å². The Balaban J connectivity index is 2.01. The lowest BCUT2D eigenvalue weighted by Gasteiger charge is -2.21. The summed E-state index contributed by atoms with van der Waals surface area (Å²) in [7, 11) is 1.48. The fourth-order valence-corrected chi connectivity index (χ4v) is 3.13. The second-order valence-electron chi connectivity index (χ2n) is 8.24. The van der Waals surface area contributed by atoms with E-state index >= 15 is 0 Å². The first-order valence-corrected chi connectivity index (χ1v) is 9.88. The number of nitrogens with one attached hydrogen (secondary N) is 3. The molecule has 0 aromatic heterocycles. The van der Waals surface area contributed by atoms with E-state index < -0.39 is 17.7 Å². The van der Waals surface area contributed by atoms with Crippen LogP contribution in [-0.2, 0) is 14.3 Å². The molecular formula is C21H31N3O5. The summed E-state index contributed by atoms with van der Waals surface area (Å²) in [6.45, 7) is 6.94. The molecule has 160 valence electrons. The summed E-state index contributed by atoms with van der Waals surface area (Å²) in [5.74, 6) is 0.00389. The first-order valence-electron chi connectivity index (χ1n) is 9.88. The quantitative estimate of drug-likeness (QED) is 0.669. The topological polar surface area (TPSA) is 106 Å². The zero-order valence-electron chi connectivity index (χ0n) is 17.8. The second-order valence-corrected chi connectivity index (χ2v) is 8.24. The lowest BCUT2D eigenvalue weighted by molar-refractivity contribution is -0.128. The van der Waals surface area contributed by atoms with Crippen molar-refractivity contribution in [2.75, 3.05) is 17.7 Å². The summed E-state index contributed by atoms with van der Waals surface area (Å²) in [5.41, 5.74) is 0.182. The van der Waals surface area contributed by atoms with E-state index in [9.17, 15) is 14.4 Å². The van der Waals surface area contributed by atoms with Crippen molar-refractivity contribution in [3.63, 3.8) is 0 Å². The fraction of sp³-hybridized carbons (Fsp3) is 0.571.